The van der Waals surface area contributed by atoms with Crippen LogP contribution in [-0.2, 0) is 20.8 Å². The van der Waals surface area contributed by atoms with Crippen molar-refractivity contribution in [3.63, 3.8) is 0 Å². The lowest BCUT2D eigenvalue weighted by Crippen LogP contribution is -2.43. The number of carboxylic acid groups (broad SMARTS) is 1. The minimum atomic E-state index is -0.971. The van der Waals surface area contributed by atoms with Crippen LogP contribution in [0.2, 0.25) is 0 Å². The third kappa shape index (κ3) is 9.07. The second-order valence-corrected chi connectivity index (χ2v) is 11.3. The number of rotatable bonds is 12. The Bertz CT molecular complexity index is 1480. The van der Waals surface area contributed by atoms with Crippen molar-refractivity contribution < 1.29 is 29.0 Å². The maximum atomic E-state index is 13.6. The number of carboxylic acids is 1. The van der Waals surface area contributed by atoms with Crippen LogP contribution in [0.1, 0.15) is 42.4 Å². The first-order valence-corrected chi connectivity index (χ1v) is 14.8. The van der Waals surface area contributed by atoms with Crippen LogP contribution in [0.5, 0.6) is 5.75 Å². The topological polar surface area (TPSA) is 128 Å². The normalized spacial score (nSPS) is 12.8. The minimum Gasteiger partial charge on any atom is -0.482 e. The second-order valence-electron chi connectivity index (χ2n) is 11.3. The molecule has 10 nitrogen and oxygen atoms in total. The van der Waals surface area contributed by atoms with E-state index in [2.05, 4.69) is 10.6 Å². The van der Waals surface area contributed by atoms with Crippen LogP contribution in [0.3, 0.4) is 0 Å². The monoisotopic (exact) mass is 600 g/mol. The highest BCUT2D eigenvalue weighted by Gasteiger charge is 2.26. The van der Waals surface area contributed by atoms with Gasteiger partial charge < -0.3 is 30.3 Å². The number of ether oxygens (including phenoxy) is 1. The average molecular weight is 601 g/mol. The van der Waals surface area contributed by atoms with E-state index in [1.807, 2.05) is 38.1 Å². The van der Waals surface area contributed by atoms with Gasteiger partial charge in [0.15, 0.2) is 6.61 Å². The molecule has 1 saturated carbocycles. The highest BCUT2D eigenvalue weighted by atomic mass is 16.5. The summed E-state index contributed by atoms with van der Waals surface area (Å²) < 4.78 is 6.01. The Kier molecular flexibility index (Phi) is 11.0. The van der Waals surface area contributed by atoms with Crippen LogP contribution < -0.4 is 25.2 Å². The van der Waals surface area contributed by atoms with Crippen LogP contribution in [0, 0.1) is 19.8 Å². The molecular weight excluding hydrogens is 560 g/mol. The molecule has 4 rings (SSSR count). The average Bonchev–Trinajstić information content (AvgIpc) is 3.50. The molecule has 0 bridgehead atoms. The quantitative estimate of drug-likeness (QED) is 0.258. The van der Waals surface area contributed by atoms with Crippen molar-refractivity contribution in [2.75, 3.05) is 41.9 Å². The van der Waals surface area contributed by atoms with Gasteiger partial charge in [-0.1, -0.05) is 43.2 Å². The highest BCUT2D eigenvalue weighted by molar-refractivity contribution is 6.00. The zero-order valence-electron chi connectivity index (χ0n) is 25.5. The van der Waals surface area contributed by atoms with Crippen LogP contribution in [0.15, 0.2) is 66.7 Å². The second kappa shape index (κ2) is 15.0. The van der Waals surface area contributed by atoms with Gasteiger partial charge in [-0.3, -0.25) is 14.4 Å². The molecule has 0 radical (unpaired) electrons. The van der Waals surface area contributed by atoms with Gasteiger partial charge in [-0.15, -0.1) is 0 Å². The molecule has 3 N–H and O–H groups in total. The van der Waals surface area contributed by atoms with E-state index < -0.39 is 12.0 Å². The number of aryl methyl sites for hydroxylation is 2. The van der Waals surface area contributed by atoms with Gasteiger partial charge in [-0.2, -0.15) is 0 Å². The molecule has 0 aromatic heterocycles. The molecule has 1 aliphatic rings. The first kappa shape index (κ1) is 32.1. The summed E-state index contributed by atoms with van der Waals surface area (Å²) >= 11 is 0. The molecule has 3 aromatic rings. The van der Waals surface area contributed by atoms with Crippen molar-refractivity contribution in [1.82, 2.24) is 5.32 Å². The van der Waals surface area contributed by atoms with E-state index >= 15 is 0 Å². The lowest BCUT2D eigenvalue weighted by Gasteiger charge is -2.28. The number of nitrogens with zero attached hydrogens (tertiary/aromatic N) is 2. The number of aliphatic carboxylic acids is 1. The molecule has 0 spiro atoms. The number of carbonyl (C=O) groups is 4. The highest BCUT2D eigenvalue weighted by Crippen LogP contribution is 2.32. The first-order valence-electron chi connectivity index (χ1n) is 14.8. The predicted molar refractivity (Wildman–Crippen MR) is 170 cm³/mol. The molecule has 4 amide bonds. The molecule has 1 aliphatic carbocycles. The van der Waals surface area contributed by atoms with Crippen molar-refractivity contribution in [3.05, 3.63) is 83.4 Å². The summed E-state index contributed by atoms with van der Waals surface area (Å²) in [6.45, 7) is 3.95. The molecule has 10 heteroatoms. The Labute approximate surface area is 258 Å². The standard InChI is InChI=1S/C34H40N4O6/c1-23-15-24(2)17-28(16-23)37(3)32(40)22-44-30-14-7-6-13-29(30)38(21-25-9-4-5-10-25)31(39)20-35-34(43)36-27-12-8-11-26(18-27)19-33(41)42/h6-8,11-18,25H,4-5,9-10,19-22H2,1-3H3,(H,41,42)(H2,35,36,43). The number of para-hydroxylation sites is 2. The minimum absolute atomic E-state index is 0.166. The van der Waals surface area contributed by atoms with Crippen LogP contribution in [0.4, 0.5) is 21.9 Å². The maximum Gasteiger partial charge on any atom is 0.319 e. The summed E-state index contributed by atoms with van der Waals surface area (Å²) in [7, 11) is 1.71. The largest absolute Gasteiger partial charge is 0.482 e. The third-order valence-electron chi connectivity index (χ3n) is 7.63. The van der Waals surface area contributed by atoms with E-state index in [4.69, 9.17) is 9.84 Å². The smallest absolute Gasteiger partial charge is 0.319 e. The Balaban J connectivity index is 1.44. The molecule has 0 unspecified atom stereocenters. The summed E-state index contributed by atoms with van der Waals surface area (Å²) in [4.78, 5) is 53.5. The van der Waals surface area contributed by atoms with E-state index in [0.717, 1.165) is 42.5 Å². The molecule has 0 atom stereocenters. The Morgan fingerprint density at radius 3 is 2.32 bits per heavy atom. The summed E-state index contributed by atoms with van der Waals surface area (Å²) in [5.41, 5.74) is 4.40. The zero-order valence-corrected chi connectivity index (χ0v) is 25.5. The number of amides is 4. The molecule has 0 saturated heterocycles. The molecule has 232 valence electrons. The number of urea groups is 1. The molecule has 3 aromatic carbocycles. The van der Waals surface area contributed by atoms with Crippen LogP contribution in [0.25, 0.3) is 0 Å². The molecule has 0 aliphatic heterocycles. The van der Waals surface area contributed by atoms with E-state index in [1.54, 1.807) is 59.3 Å². The fraction of sp³-hybridized carbons (Fsp3) is 0.353. The van der Waals surface area contributed by atoms with Crippen molar-refractivity contribution in [2.24, 2.45) is 5.92 Å². The summed E-state index contributed by atoms with van der Waals surface area (Å²) in [6, 6.07) is 19.0. The van der Waals surface area contributed by atoms with Crippen molar-refractivity contribution in [2.45, 2.75) is 46.0 Å². The number of anilines is 3. The van der Waals surface area contributed by atoms with Gasteiger partial charge in [0.2, 0.25) is 5.91 Å². The van der Waals surface area contributed by atoms with E-state index in [1.165, 1.54) is 0 Å². The van der Waals surface area contributed by atoms with E-state index in [0.29, 0.717) is 35.2 Å². The first-order chi connectivity index (χ1) is 21.1. The number of hydrogen-bond donors (Lipinski definition) is 3. The fourth-order valence-corrected chi connectivity index (χ4v) is 5.47. The third-order valence-corrected chi connectivity index (χ3v) is 7.63. The van der Waals surface area contributed by atoms with Gasteiger partial charge in [0.25, 0.3) is 5.91 Å². The number of hydrogen-bond acceptors (Lipinski definition) is 5. The number of likely N-dealkylation sites (N-methyl/N-ethyl adjacent to an activating group) is 1. The van der Waals surface area contributed by atoms with Crippen molar-refractivity contribution >= 4 is 40.9 Å². The van der Waals surface area contributed by atoms with Gasteiger partial charge in [0, 0.05) is 25.0 Å². The fourth-order valence-electron chi connectivity index (χ4n) is 5.47. The number of carbonyl (C=O) groups excluding carboxylic acids is 3. The van der Waals surface area contributed by atoms with E-state index in [-0.39, 0.29) is 31.4 Å². The Hall–Kier alpha value is -4.86. The summed E-state index contributed by atoms with van der Waals surface area (Å²) in [5, 5.41) is 14.3. The Morgan fingerprint density at radius 1 is 0.909 bits per heavy atom. The van der Waals surface area contributed by atoms with Crippen molar-refractivity contribution in [3.8, 4) is 5.75 Å². The van der Waals surface area contributed by atoms with Crippen molar-refractivity contribution in [1.29, 1.82) is 0 Å². The van der Waals surface area contributed by atoms with Gasteiger partial charge >= 0.3 is 12.0 Å². The summed E-state index contributed by atoms with van der Waals surface area (Å²) in [5.74, 6) is -0.803. The van der Waals surface area contributed by atoms with Crippen LogP contribution >= 0.6 is 0 Å². The summed E-state index contributed by atoms with van der Waals surface area (Å²) in [6.07, 6.45) is 4.05. The maximum absolute atomic E-state index is 13.6. The predicted octanol–water partition coefficient (Wildman–Crippen LogP) is 5.32. The van der Waals surface area contributed by atoms with Gasteiger partial charge in [0.05, 0.1) is 18.7 Å². The van der Waals surface area contributed by atoms with Gasteiger partial charge in [0.1, 0.15) is 5.75 Å². The van der Waals surface area contributed by atoms with E-state index in [9.17, 15) is 19.2 Å². The van der Waals surface area contributed by atoms with Gasteiger partial charge in [-0.25, -0.2) is 4.79 Å². The molecule has 1 fully saturated rings. The zero-order chi connectivity index (χ0) is 31.6. The lowest BCUT2D eigenvalue weighted by molar-refractivity contribution is -0.136. The lowest BCUT2D eigenvalue weighted by atomic mass is 10.1. The van der Waals surface area contributed by atoms with Gasteiger partial charge in [-0.05, 0) is 85.7 Å². The molecular formula is C34H40N4O6. The Morgan fingerprint density at radius 2 is 1.61 bits per heavy atom. The van der Waals surface area contributed by atoms with Crippen LogP contribution in [-0.4, -0.2) is 55.7 Å². The number of benzene rings is 3. The number of nitrogens with one attached hydrogen (secondary N) is 2. The molecule has 44 heavy (non-hydrogen) atoms. The molecule has 0 heterocycles. The SMILES string of the molecule is Cc1cc(C)cc(N(C)C(=O)COc2ccccc2N(CC2CCCC2)C(=O)CNC(=O)Nc2cccc(CC(=O)O)c2)c1.